The SMILES string of the molecule is CC[C@H](C)[C@H](NC(=O)[C@H](Cc1cnc[nH]1)NC(=O)CNC(=O)[C@@H](NC(=O)[C@@H](NC(=O)[C@@H](NC(=O)[C@@H](NC(=O)[C@H](CO)NC(=O)CNC(=O)[C@H](CCCCN)NC(=O)[C@@H](N)CCCCN)C(C)C)C(C)C)[C@@H](C)CC)C(C)C)C(=O)N[C@@H](CCC(=O)O)C(=O)N[C@@H](CC(C)C)C(=O)NCC(=O)NCC(=O)N[C@@H](CCCCN)C(=O)N1CCC[C@H]1C(=O)O. The van der Waals surface area contributed by atoms with Crippen molar-refractivity contribution in [2.75, 3.05) is 59.0 Å². The molecule has 1 saturated heterocycles. The van der Waals surface area contributed by atoms with E-state index < -0.39 is 260 Å². The molecular formula is C78H136N22O21. The van der Waals surface area contributed by atoms with Gasteiger partial charge in [-0.2, -0.15) is 0 Å². The van der Waals surface area contributed by atoms with Gasteiger partial charge in [0.1, 0.15) is 72.5 Å². The van der Waals surface area contributed by atoms with E-state index in [2.05, 4.69) is 89.7 Å². The molecule has 16 amide bonds. The minimum Gasteiger partial charge on any atom is -0.481 e. The number of aromatic amines is 1. The topological polar surface area (TPSA) is 684 Å². The van der Waals surface area contributed by atoms with Gasteiger partial charge < -0.3 is 128 Å². The highest BCUT2D eigenvalue weighted by Crippen LogP contribution is 2.21. The molecule has 0 saturated carbocycles. The second kappa shape index (κ2) is 56.1. The van der Waals surface area contributed by atoms with Crippen molar-refractivity contribution in [2.24, 2.45) is 58.4 Å². The number of unbranched alkanes of at least 4 members (excludes halogenated alkanes) is 3. The number of rotatable bonds is 59. The maximum absolute atomic E-state index is 14.5. The van der Waals surface area contributed by atoms with Crippen LogP contribution in [0.25, 0.3) is 0 Å². The number of carbonyl (C=O) groups is 18. The summed E-state index contributed by atoms with van der Waals surface area (Å²) in [7, 11) is 0. The zero-order chi connectivity index (χ0) is 91.3. The number of H-pyrrole nitrogens is 1. The first-order valence-electron chi connectivity index (χ1n) is 41.7. The average molecular weight is 1720 g/mol. The lowest BCUT2D eigenvalue weighted by Gasteiger charge is -2.31. The summed E-state index contributed by atoms with van der Waals surface area (Å²) in [6.45, 7) is 17.1. The number of aromatic nitrogens is 2. The summed E-state index contributed by atoms with van der Waals surface area (Å²) in [4.78, 5) is 252. The first-order valence-corrected chi connectivity index (χ1v) is 41.7. The van der Waals surface area contributed by atoms with E-state index in [1.807, 2.05) is 0 Å². The van der Waals surface area contributed by atoms with Crippen LogP contribution in [0.1, 0.15) is 192 Å². The number of nitrogens with two attached hydrogens (primary N) is 4. The molecule has 0 unspecified atom stereocenters. The van der Waals surface area contributed by atoms with Crippen molar-refractivity contribution in [1.82, 2.24) is 94.6 Å². The molecule has 43 heteroatoms. The number of nitrogens with one attached hydrogen (secondary N) is 16. The van der Waals surface area contributed by atoms with Crippen molar-refractivity contribution < 1.29 is 102 Å². The molecule has 1 aliphatic heterocycles. The smallest absolute Gasteiger partial charge is 0.326 e. The Kier molecular flexibility index (Phi) is 49.4. The molecule has 0 spiro atoms. The van der Waals surface area contributed by atoms with E-state index in [9.17, 15) is 102 Å². The molecule has 2 heterocycles. The summed E-state index contributed by atoms with van der Waals surface area (Å²) in [5.74, 6) is -19.8. The highest BCUT2D eigenvalue weighted by atomic mass is 16.4. The zero-order valence-corrected chi connectivity index (χ0v) is 71.9. The van der Waals surface area contributed by atoms with Crippen LogP contribution in [0.15, 0.2) is 12.5 Å². The number of hydrogen-bond donors (Lipinski definition) is 23. The normalized spacial score (nSPS) is 16.0. The predicted octanol–water partition coefficient (Wildman–Crippen LogP) is -5.50. The molecule has 15 atom stereocenters. The van der Waals surface area contributed by atoms with Crippen molar-refractivity contribution in [2.45, 2.75) is 271 Å². The maximum atomic E-state index is 14.5. The minimum atomic E-state index is -1.65. The van der Waals surface area contributed by atoms with E-state index in [1.54, 1.807) is 83.1 Å². The Balaban J connectivity index is 2.26. The number of carbonyl (C=O) groups excluding carboxylic acids is 16. The minimum absolute atomic E-state index is 0.0381. The largest absolute Gasteiger partial charge is 0.481 e. The Bertz CT molecular complexity index is 3570. The average Bonchev–Trinajstić information content (AvgIpc) is 1.71. The molecule has 1 fully saturated rings. The number of likely N-dealkylation sites (tertiary alicyclic amines) is 1. The molecule has 43 nitrogen and oxygen atoms in total. The lowest BCUT2D eigenvalue weighted by Crippen LogP contribution is -2.62. The van der Waals surface area contributed by atoms with Gasteiger partial charge in [0.2, 0.25) is 94.5 Å². The van der Waals surface area contributed by atoms with Gasteiger partial charge in [0.15, 0.2) is 0 Å². The molecule has 0 bridgehead atoms. The van der Waals surface area contributed by atoms with Gasteiger partial charge in [-0.3, -0.25) is 81.5 Å². The molecule has 27 N–H and O–H groups in total. The highest BCUT2D eigenvalue weighted by Gasteiger charge is 2.41. The third-order valence-electron chi connectivity index (χ3n) is 20.4. The fourth-order valence-electron chi connectivity index (χ4n) is 12.8. The van der Waals surface area contributed by atoms with Gasteiger partial charge >= 0.3 is 11.9 Å². The summed E-state index contributed by atoms with van der Waals surface area (Å²) in [5, 5.41) is 67.5. The number of carboxylic acid groups (broad SMARTS) is 2. The first-order chi connectivity index (χ1) is 57.1. The summed E-state index contributed by atoms with van der Waals surface area (Å²) in [6, 6.07) is -17.3. The number of imidazole rings is 1. The predicted molar refractivity (Wildman–Crippen MR) is 441 cm³/mol. The van der Waals surface area contributed by atoms with Crippen LogP contribution in [0, 0.1) is 35.5 Å². The van der Waals surface area contributed by atoms with Crippen molar-refractivity contribution in [3.63, 3.8) is 0 Å². The lowest BCUT2D eigenvalue weighted by atomic mass is 9.95. The first kappa shape index (κ1) is 107. The van der Waals surface area contributed by atoms with Gasteiger partial charge in [0, 0.05) is 31.3 Å². The molecule has 0 aromatic carbocycles. The molecule has 1 aromatic heterocycles. The van der Waals surface area contributed by atoms with Crippen molar-refractivity contribution in [3.05, 3.63) is 18.2 Å². The molecule has 2 rings (SSSR count). The third kappa shape index (κ3) is 38.8. The van der Waals surface area contributed by atoms with Crippen LogP contribution in [0.5, 0.6) is 0 Å². The third-order valence-corrected chi connectivity index (χ3v) is 20.4. The fraction of sp³-hybridized carbons (Fsp3) is 0.731. The quantitative estimate of drug-likeness (QED) is 0.0271. The van der Waals surface area contributed by atoms with Crippen LogP contribution in [0.3, 0.4) is 0 Å². The standard InChI is InChI=1S/C78H136N22O21/c1-13-45(11)64(75(117)93-50(26-27-60(106)107)69(111)94-52(32-41(3)4)68(110)85-35-56(102)84-36-57(103)89-51(24-17-20-30-81)77(119)100-31-21-25-55(100)78(120)121)98-70(112)53(33-47-34-83-40-88-47)90-58(104)38-87-72(114)61(42(5)6)96-76(118)65(46(12)14-2)99-74(116)63(44(9)10)97-73(115)62(43(7)8)95-71(113)54(39-101)91-59(105)37-86-67(109)49(23-16-19-29-80)92-66(108)48(82)22-15-18-28-79/h34,40-46,48-55,61-65,101H,13-33,35-39,79-82H2,1-12H3,(H,83,88)(H,84,102)(H,85,110)(H,86,109)(H,87,114)(H,89,103)(H,90,104)(H,91,105)(H,92,108)(H,93,117)(H,94,111)(H,95,113)(H,96,118)(H,97,115)(H,98,112)(H,99,116)(H,106,107)(H,120,121)/t45-,46-,48-,49-,50-,51-,52-,53-,54-,55-,61-,62-,63-,64-,65-/m0/s1. The molecular weight excluding hydrogens is 1580 g/mol. The summed E-state index contributed by atoms with van der Waals surface area (Å²) < 4.78 is 0. The molecule has 1 aliphatic rings. The van der Waals surface area contributed by atoms with Gasteiger partial charge in [-0.25, -0.2) is 9.78 Å². The summed E-state index contributed by atoms with van der Waals surface area (Å²) >= 11 is 0. The number of aliphatic hydroxyl groups excluding tert-OH is 1. The second-order valence-corrected chi connectivity index (χ2v) is 31.9. The zero-order valence-electron chi connectivity index (χ0n) is 71.9. The number of aliphatic carboxylic acids is 2. The van der Waals surface area contributed by atoms with Crippen LogP contribution in [-0.4, -0.2) is 274 Å². The summed E-state index contributed by atoms with van der Waals surface area (Å²) in [6.07, 6.45) is 6.17. The van der Waals surface area contributed by atoms with Gasteiger partial charge in [-0.15, -0.1) is 0 Å². The highest BCUT2D eigenvalue weighted by molar-refractivity contribution is 6.00. The number of carboxylic acids is 2. The Hall–Kier alpha value is -10.5. The van der Waals surface area contributed by atoms with E-state index in [0.717, 1.165) is 0 Å². The summed E-state index contributed by atoms with van der Waals surface area (Å²) in [5.41, 5.74) is 23.2. The van der Waals surface area contributed by atoms with Crippen LogP contribution >= 0.6 is 0 Å². The van der Waals surface area contributed by atoms with Gasteiger partial charge in [0.25, 0.3) is 0 Å². The van der Waals surface area contributed by atoms with Gasteiger partial charge in [0.05, 0.1) is 45.2 Å². The number of amides is 16. The van der Waals surface area contributed by atoms with Gasteiger partial charge in [-0.1, -0.05) is 102 Å². The Labute approximate surface area is 706 Å². The van der Waals surface area contributed by atoms with E-state index in [0.29, 0.717) is 83.1 Å². The Morgan fingerprint density at radius 2 is 0.843 bits per heavy atom. The van der Waals surface area contributed by atoms with Crippen LogP contribution in [0.2, 0.25) is 0 Å². The van der Waals surface area contributed by atoms with E-state index >= 15 is 0 Å². The van der Waals surface area contributed by atoms with E-state index in [1.165, 1.54) is 17.4 Å². The molecule has 121 heavy (non-hydrogen) atoms. The van der Waals surface area contributed by atoms with Crippen LogP contribution < -0.4 is 103 Å². The molecule has 684 valence electrons. The van der Waals surface area contributed by atoms with Crippen LogP contribution in [-0.2, 0) is 92.7 Å². The number of nitrogens with zero attached hydrogens (tertiary/aromatic N) is 2. The number of aliphatic hydroxyl groups is 1. The van der Waals surface area contributed by atoms with E-state index in [4.69, 9.17) is 22.9 Å². The van der Waals surface area contributed by atoms with Crippen LogP contribution in [0.4, 0.5) is 0 Å². The molecule has 1 aromatic rings. The Morgan fingerprint density at radius 1 is 0.446 bits per heavy atom. The monoisotopic (exact) mass is 1720 g/mol. The lowest BCUT2D eigenvalue weighted by molar-refractivity contribution is -0.149. The van der Waals surface area contributed by atoms with Crippen molar-refractivity contribution >= 4 is 106 Å². The number of hydrogen-bond acceptors (Lipinski definition) is 24. The molecule has 0 radical (unpaired) electrons. The van der Waals surface area contributed by atoms with E-state index in [-0.39, 0.29) is 51.0 Å². The van der Waals surface area contributed by atoms with Gasteiger partial charge in [-0.05, 0) is 132 Å². The Morgan fingerprint density at radius 3 is 1.32 bits per heavy atom. The van der Waals surface area contributed by atoms with Crippen molar-refractivity contribution in [3.8, 4) is 0 Å². The molecule has 0 aliphatic carbocycles. The maximum Gasteiger partial charge on any atom is 0.326 e. The van der Waals surface area contributed by atoms with Crippen molar-refractivity contribution in [1.29, 1.82) is 0 Å². The second-order valence-electron chi connectivity index (χ2n) is 31.9. The fourth-order valence-corrected chi connectivity index (χ4v) is 12.8.